The SMILES string of the molecule is CS(C)(C)CCOCn1c(O[C@@H]2CO[C@H]3[C@@H]2OC[C@H]3O)nc2cc(Cl)c(-c3ccc(Br)c(F)c3)nc21. The minimum atomic E-state index is -0.718. The first-order valence-corrected chi connectivity index (χ1v) is 15.6. The summed E-state index contributed by atoms with van der Waals surface area (Å²) in [4.78, 5) is 9.37. The van der Waals surface area contributed by atoms with E-state index >= 15 is 0 Å². The molecule has 2 aromatic heterocycles. The van der Waals surface area contributed by atoms with Gasteiger partial charge in [-0.25, -0.2) is 19.4 Å². The first-order valence-electron chi connectivity index (χ1n) is 11.4. The third-order valence-corrected chi connectivity index (χ3v) is 8.45. The number of imidazole rings is 1. The summed E-state index contributed by atoms with van der Waals surface area (Å²) in [6.45, 7) is 1.20. The number of aromatic nitrogens is 3. The maximum absolute atomic E-state index is 14.2. The molecule has 0 radical (unpaired) electrons. The Morgan fingerprint density at radius 1 is 1.19 bits per heavy atom. The molecule has 4 heterocycles. The molecule has 2 aliphatic rings. The third kappa shape index (κ3) is 5.38. The summed E-state index contributed by atoms with van der Waals surface area (Å²) in [5, 5.41) is 10.4. The summed E-state index contributed by atoms with van der Waals surface area (Å²) in [5.74, 6) is 0.537. The zero-order chi connectivity index (χ0) is 25.6. The highest BCUT2D eigenvalue weighted by atomic mass is 79.9. The number of benzene rings is 1. The summed E-state index contributed by atoms with van der Waals surface area (Å²) in [5.41, 5.74) is 1.98. The van der Waals surface area contributed by atoms with Crippen molar-refractivity contribution in [3.05, 3.63) is 39.6 Å². The van der Waals surface area contributed by atoms with Crippen molar-refractivity contribution in [2.75, 3.05) is 44.3 Å². The van der Waals surface area contributed by atoms with E-state index in [4.69, 9.17) is 35.5 Å². The summed E-state index contributed by atoms with van der Waals surface area (Å²) >= 11 is 9.72. The Bertz CT molecular complexity index is 1270. The Balaban J connectivity index is 1.49. The maximum atomic E-state index is 14.2. The molecule has 12 heteroatoms. The highest BCUT2D eigenvalue weighted by Crippen LogP contribution is 2.36. The summed E-state index contributed by atoms with van der Waals surface area (Å²) < 4.78 is 40.0. The lowest BCUT2D eigenvalue weighted by atomic mass is 10.1. The molecule has 1 N–H and O–H groups in total. The average Bonchev–Trinajstić information content (AvgIpc) is 3.48. The van der Waals surface area contributed by atoms with Gasteiger partial charge in [-0.15, -0.1) is 0 Å². The van der Waals surface area contributed by atoms with Crippen molar-refractivity contribution in [3.8, 4) is 17.3 Å². The zero-order valence-electron chi connectivity index (χ0n) is 20.1. The Labute approximate surface area is 223 Å². The van der Waals surface area contributed by atoms with Crippen molar-refractivity contribution in [2.24, 2.45) is 0 Å². The molecule has 8 nitrogen and oxygen atoms in total. The van der Waals surface area contributed by atoms with Gasteiger partial charge in [-0.2, -0.15) is 4.98 Å². The van der Waals surface area contributed by atoms with E-state index in [9.17, 15) is 9.50 Å². The number of halogens is 3. The van der Waals surface area contributed by atoms with Crippen molar-refractivity contribution < 1.29 is 28.4 Å². The predicted octanol–water partition coefficient (Wildman–Crippen LogP) is 4.23. The molecule has 0 spiro atoms. The van der Waals surface area contributed by atoms with Gasteiger partial charge in [0, 0.05) is 11.3 Å². The molecule has 36 heavy (non-hydrogen) atoms. The molecule has 2 aliphatic heterocycles. The van der Waals surface area contributed by atoms with Crippen molar-refractivity contribution >= 4 is 48.7 Å². The molecule has 0 aliphatic carbocycles. The van der Waals surface area contributed by atoms with Crippen LogP contribution in [0.25, 0.3) is 22.4 Å². The number of hydrogen-bond donors (Lipinski definition) is 1. The van der Waals surface area contributed by atoms with Crippen LogP contribution < -0.4 is 4.74 Å². The van der Waals surface area contributed by atoms with E-state index < -0.39 is 40.3 Å². The highest BCUT2D eigenvalue weighted by molar-refractivity contribution is 9.10. The number of pyridine rings is 1. The van der Waals surface area contributed by atoms with Crippen LogP contribution in [0.5, 0.6) is 6.01 Å². The maximum Gasteiger partial charge on any atom is 0.301 e. The van der Waals surface area contributed by atoms with Gasteiger partial charge in [0.05, 0.1) is 35.0 Å². The Morgan fingerprint density at radius 3 is 2.72 bits per heavy atom. The normalized spacial score (nSPS) is 24.4. The molecular weight excluding hydrogens is 577 g/mol. The first kappa shape index (κ1) is 26.1. The second-order valence-corrected chi connectivity index (χ2v) is 15.6. The van der Waals surface area contributed by atoms with Crippen LogP contribution in [-0.4, -0.2) is 88.4 Å². The molecule has 0 unspecified atom stereocenters. The van der Waals surface area contributed by atoms with Gasteiger partial charge in [0.1, 0.15) is 36.4 Å². The predicted molar refractivity (Wildman–Crippen MR) is 142 cm³/mol. The van der Waals surface area contributed by atoms with E-state index in [1.54, 1.807) is 22.8 Å². The number of hydrogen-bond acceptors (Lipinski definition) is 7. The van der Waals surface area contributed by atoms with E-state index in [2.05, 4.69) is 39.7 Å². The van der Waals surface area contributed by atoms with Crippen LogP contribution in [0.3, 0.4) is 0 Å². The molecule has 196 valence electrons. The molecule has 2 fully saturated rings. The van der Waals surface area contributed by atoms with Crippen LogP contribution in [0.4, 0.5) is 4.39 Å². The zero-order valence-corrected chi connectivity index (χ0v) is 23.3. The van der Waals surface area contributed by atoms with Crippen LogP contribution in [0.2, 0.25) is 5.02 Å². The van der Waals surface area contributed by atoms with Crippen LogP contribution in [-0.2, 0) is 20.9 Å². The van der Waals surface area contributed by atoms with E-state index in [1.807, 2.05) is 0 Å². The molecular formula is C24H28BrClFN3O5S. The molecule has 4 atom stereocenters. The fraction of sp³-hybridized carbons (Fsp3) is 0.500. The fourth-order valence-corrected chi connectivity index (χ4v) is 5.32. The molecule has 0 saturated carbocycles. The van der Waals surface area contributed by atoms with Gasteiger partial charge in [0.2, 0.25) is 0 Å². The molecule has 0 amide bonds. The first-order chi connectivity index (χ1) is 17.1. The minimum Gasteiger partial charge on any atom is -0.456 e. The van der Waals surface area contributed by atoms with E-state index in [1.165, 1.54) is 6.07 Å². The molecule has 5 rings (SSSR count). The standard InChI is InChI=1S/C24H28BrClFN3O5S/c1-36(2,3)7-6-32-12-30-23-17(9-15(26)20(29-23)13-4-5-14(25)16(27)8-13)28-24(30)35-19-11-34-21-18(31)10-33-22(19)21/h4-5,8-9,18-19,21-22,31H,6-7,10-12H2,1-3H3/t18-,19-,21-,22-/m1/s1. The van der Waals surface area contributed by atoms with E-state index in [0.717, 1.165) is 5.75 Å². The average molecular weight is 605 g/mol. The van der Waals surface area contributed by atoms with Crippen molar-refractivity contribution in [1.82, 2.24) is 14.5 Å². The van der Waals surface area contributed by atoms with Crippen LogP contribution in [0, 0.1) is 5.82 Å². The Kier molecular flexibility index (Phi) is 7.52. The lowest BCUT2D eigenvalue weighted by Crippen LogP contribution is -2.35. The van der Waals surface area contributed by atoms with Gasteiger partial charge in [0.15, 0.2) is 11.8 Å². The van der Waals surface area contributed by atoms with E-state index in [-0.39, 0.29) is 26.0 Å². The third-order valence-electron chi connectivity index (χ3n) is 6.13. The number of nitrogens with zero attached hydrogens (tertiary/aromatic N) is 3. The molecule has 3 aromatic rings. The summed E-state index contributed by atoms with van der Waals surface area (Å²) in [6.07, 6.45) is 4.75. The summed E-state index contributed by atoms with van der Waals surface area (Å²) in [6, 6.07) is 6.71. The monoisotopic (exact) mass is 603 g/mol. The minimum absolute atomic E-state index is 0.162. The lowest BCUT2D eigenvalue weighted by Gasteiger charge is -2.24. The smallest absolute Gasteiger partial charge is 0.301 e. The number of fused-ring (bicyclic) bond motifs is 2. The van der Waals surface area contributed by atoms with Gasteiger partial charge >= 0.3 is 6.01 Å². The second kappa shape index (κ2) is 10.4. The second-order valence-electron chi connectivity index (χ2n) is 9.76. The van der Waals surface area contributed by atoms with Gasteiger partial charge in [-0.3, -0.25) is 4.57 Å². The quantitative estimate of drug-likeness (QED) is 0.385. The van der Waals surface area contributed by atoms with Crippen LogP contribution in [0.15, 0.2) is 28.7 Å². The van der Waals surface area contributed by atoms with Gasteiger partial charge in [0.25, 0.3) is 0 Å². The molecule has 0 bridgehead atoms. The number of aliphatic hydroxyl groups excluding tert-OH is 1. The van der Waals surface area contributed by atoms with Crippen LogP contribution >= 0.6 is 37.6 Å². The Hall–Kier alpha value is -1.47. The van der Waals surface area contributed by atoms with Crippen molar-refractivity contribution in [3.63, 3.8) is 0 Å². The largest absolute Gasteiger partial charge is 0.456 e. The van der Waals surface area contributed by atoms with Gasteiger partial charge in [-0.05, 0) is 52.9 Å². The van der Waals surface area contributed by atoms with Gasteiger partial charge < -0.3 is 24.1 Å². The lowest BCUT2D eigenvalue weighted by molar-refractivity contribution is 0.00344. The van der Waals surface area contributed by atoms with Crippen molar-refractivity contribution in [1.29, 1.82) is 0 Å². The van der Waals surface area contributed by atoms with E-state index in [0.29, 0.717) is 38.5 Å². The summed E-state index contributed by atoms with van der Waals surface area (Å²) in [7, 11) is -0.718. The number of aliphatic hydroxyl groups is 1. The fourth-order valence-electron chi connectivity index (χ4n) is 4.20. The molecule has 2 saturated heterocycles. The number of rotatable bonds is 8. The number of ether oxygens (including phenoxy) is 4. The van der Waals surface area contributed by atoms with Crippen LogP contribution in [0.1, 0.15) is 0 Å². The topological polar surface area (TPSA) is 87.9 Å². The Morgan fingerprint density at radius 2 is 1.97 bits per heavy atom. The highest BCUT2D eigenvalue weighted by Gasteiger charge is 2.49. The van der Waals surface area contributed by atoms with Crippen molar-refractivity contribution in [2.45, 2.75) is 31.1 Å². The van der Waals surface area contributed by atoms with Gasteiger partial charge in [-0.1, -0.05) is 17.7 Å². The molecule has 1 aromatic carbocycles.